The molecular weight excluding hydrogens is 474 g/mol. The van der Waals surface area contributed by atoms with E-state index in [1.54, 1.807) is 0 Å². The number of anilines is 2. The Kier molecular flexibility index (Phi) is 7.02. The maximum atomic E-state index is 5.92. The molecule has 0 radical (unpaired) electrons. The van der Waals surface area contributed by atoms with Gasteiger partial charge in [-0.25, -0.2) is 0 Å². The average Bonchev–Trinajstić information content (AvgIpc) is 3.41. The molecule has 2 atom stereocenters. The van der Waals surface area contributed by atoms with Crippen LogP contribution in [0.15, 0.2) is 79.0 Å². The van der Waals surface area contributed by atoms with Gasteiger partial charge < -0.3 is 19.7 Å². The van der Waals surface area contributed by atoms with E-state index >= 15 is 0 Å². The van der Waals surface area contributed by atoms with Gasteiger partial charge in [-0.15, -0.1) is 0 Å². The minimum Gasteiger partial charge on any atom is -0.372 e. The number of rotatable bonds is 7. The Labute approximate surface area is 225 Å². The molecular formula is C31H35N5S. The summed E-state index contributed by atoms with van der Waals surface area (Å²) in [5.74, 6) is 0. The van der Waals surface area contributed by atoms with E-state index in [4.69, 9.17) is 17.2 Å². The van der Waals surface area contributed by atoms with Gasteiger partial charge in [0.2, 0.25) is 0 Å². The quantitative estimate of drug-likeness (QED) is 0.277. The van der Waals surface area contributed by atoms with Crippen LogP contribution in [0.2, 0.25) is 0 Å². The molecule has 2 aromatic carbocycles. The fourth-order valence-electron chi connectivity index (χ4n) is 5.54. The van der Waals surface area contributed by atoms with E-state index in [2.05, 4.69) is 115 Å². The first-order valence-electron chi connectivity index (χ1n) is 13.0. The van der Waals surface area contributed by atoms with E-state index < -0.39 is 0 Å². The highest BCUT2D eigenvalue weighted by Crippen LogP contribution is 2.43. The van der Waals surface area contributed by atoms with Crippen LogP contribution in [0.1, 0.15) is 54.1 Å². The van der Waals surface area contributed by atoms with Crippen molar-refractivity contribution in [2.24, 2.45) is 0 Å². The molecule has 190 valence electrons. The van der Waals surface area contributed by atoms with Gasteiger partial charge in [0.1, 0.15) is 0 Å². The molecule has 5 rings (SSSR count). The van der Waals surface area contributed by atoms with E-state index in [0.29, 0.717) is 0 Å². The molecule has 1 N–H and O–H groups in total. The number of benzene rings is 2. The Morgan fingerprint density at radius 2 is 1.57 bits per heavy atom. The molecule has 37 heavy (non-hydrogen) atoms. The molecule has 0 amide bonds. The standard InChI is InChI=1S/C31H35N5S/c1-6-34(7-2)24-15-17-25(18-16-24)35-22(4)20-27(23(35)5)30-29(28-10-8-9-19-32-28)33-31(37)36(30)26-13-11-21(3)12-14-26/h8-20,29-30H,6-7H2,1-5H3,(H,33,37)/t29-,30-/m0/s1. The maximum Gasteiger partial charge on any atom is 0.174 e. The largest absolute Gasteiger partial charge is 0.372 e. The predicted molar refractivity (Wildman–Crippen MR) is 158 cm³/mol. The summed E-state index contributed by atoms with van der Waals surface area (Å²) in [4.78, 5) is 9.33. The van der Waals surface area contributed by atoms with Gasteiger partial charge in [0.25, 0.3) is 0 Å². The summed E-state index contributed by atoms with van der Waals surface area (Å²) in [6.07, 6.45) is 1.85. The lowest BCUT2D eigenvalue weighted by Crippen LogP contribution is -2.29. The Balaban J connectivity index is 1.61. The topological polar surface area (TPSA) is 36.3 Å². The highest BCUT2D eigenvalue weighted by Gasteiger charge is 2.42. The zero-order valence-electron chi connectivity index (χ0n) is 22.3. The van der Waals surface area contributed by atoms with Gasteiger partial charge in [0.05, 0.1) is 17.8 Å². The molecule has 0 saturated carbocycles. The van der Waals surface area contributed by atoms with Crippen LogP contribution in [0.25, 0.3) is 5.69 Å². The first kappa shape index (κ1) is 25.0. The molecule has 0 spiro atoms. The summed E-state index contributed by atoms with van der Waals surface area (Å²) in [7, 11) is 0. The van der Waals surface area contributed by atoms with E-state index in [9.17, 15) is 0 Å². The first-order chi connectivity index (χ1) is 17.9. The van der Waals surface area contributed by atoms with Crippen molar-refractivity contribution in [2.45, 2.75) is 46.7 Å². The minimum absolute atomic E-state index is 0.0278. The number of pyridine rings is 1. The van der Waals surface area contributed by atoms with Crippen molar-refractivity contribution in [3.8, 4) is 5.69 Å². The normalized spacial score (nSPS) is 17.2. The van der Waals surface area contributed by atoms with E-state index in [1.807, 2.05) is 18.3 Å². The molecule has 0 aliphatic carbocycles. The molecule has 0 unspecified atom stereocenters. The summed E-state index contributed by atoms with van der Waals surface area (Å²) >= 11 is 5.92. The van der Waals surface area contributed by atoms with Crippen LogP contribution >= 0.6 is 12.2 Å². The third kappa shape index (κ3) is 4.62. The Morgan fingerprint density at radius 1 is 0.892 bits per heavy atom. The Morgan fingerprint density at radius 3 is 2.19 bits per heavy atom. The molecule has 1 aliphatic heterocycles. The second kappa shape index (κ2) is 10.4. The zero-order chi connectivity index (χ0) is 26.1. The van der Waals surface area contributed by atoms with Crippen LogP contribution < -0.4 is 15.1 Å². The lowest BCUT2D eigenvalue weighted by Gasteiger charge is -2.28. The van der Waals surface area contributed by atoms with Crippen molar-refractivity contribution in [3.63, 3.8) is 0 Å². The van der Waals surface area contributed by atoms with Gasteiger partial charge in [0.15, 0.2) is 5.11 Å². The van der Waals surface area contributed by atoms with Gasteiger partial charge in [-0.2, -0.15) is 0 Å². The van der Waals surface area contributed by atoms with Gasteiger partial charge in [-0.3, -0.25) is 4.98 Å². The van der Waals surface area contributed by atoms with Crippen LogP contribution in [0.5, 0.6) is 0 Å². The number of hydrogen-bond acceptors (Lipinski definition) is 3. The molecule has 5 nitrogen and oxygen atoms in total. The first-order valence-corrected chi connectivity index (χ1v) is 13.4. The van der Waals surface area contributed by atoms with Crippen molar-refractivity contribution in [1.29, 1.82) is 0 Å². The lowest BCUT2D eigenvalue weighted by atomic mass is 9.96. The maximum absolute atomic E-state index is 5.92. The second-order valence-corrected chi connectivity index (χ2v) is 10.1. The van der Waals surface area contributed by atoms with Crippen LogP contribution in [0, 0.1) is 20.8 Å². The summed E-state index contributed by atoms with van der Waals surface area (Å²) in [6.45, 7) is 12.9. The Bertz CT molecular complexity index is 1370. The summed E-state index contributed by atoms with van der Waals surface area (Å²) in [6, 6.07) is 25.8. The van der Waals surface area contributed by atoms with Crippen molar-refractivity contribution >= 4 is 28.7 Å². The van der Waals surface area contributed by atoms with Gasteiger partial charge in [0, 0.05) is 47.7 Å². The third-order valence-electron chi connectivity index (χ3n) is 7.44. The second-order valence-electron chi connectivity index (χ2n) is 9.68. The van der Waals surface area contributed by atoms with E-state index in [0.717, 1.165) is 29.6 Å². The van der Waals surface area contributed by atoms with Crippen molar-refractivity contribution in [1.82, 2.24) is 14.9 Å². The predicted octanol–water partition coefficient (Wildman–Crippen LogP) is 6.82. The molecule has 0 bridgehead atoms. The van der Waals surface area contributed by atoms with Crippen molar-refractivity contribution in [2.75, 3.05) is 22.9 Å². The van der Waals surface area contributed by atoms with Gasteiger partial charge in [-0.1, -0.05) is 23.8 Å². The SMILES string of the molecule is CCN(CC)c1ccc(-n2c(C)cc([C@H]3[C@H](c4ccccn4)NC(=S)N3c3ccc(C)cc3)c2C)cc1. The van der Waals surface area contributed by atoms with E-state index in [-0.39, 0.29) is 12.1 Å². The fraction of sp³-hybridized carbons (Fsp3) is 0.290. The van der Waals surface area contributed by atoms with E-state index in [1.165, 1.54) is 33.9 Å². The number of thiocarbonyl (C=S) groups is 1. The molecule has 1 aliphatic rings. The van der Waals surface area contributed by atoms with Crippen LogP contribution in [0.3, 0.4) is 0 Å². The van der Waals surface area contributed by atoms with Crippen molar-refractivity contribution in [3.05, 3.63) is 107 Å². The molecule has 3 heterocycles. The lowest BCUT2D eigenvalue weighted by molar-refractivity contribution is 0.565. The monoisotopic (exact) mass is 509 g/mol. The zero-order valence-corrected chi connectivity index (χ0v) is 23.1. The summed E-state index contributed by atoms with van der Waals surface area (Å²) in [5.41, 5.74) is 9.37. The van der Waals surface area contributed by atoms with Crippen LogP contribution in [0.4, 0.5) is 11.4 Å². The number of aryl methyl sites for hydroxylation is 2. The molecule has 4 aromatic rings. The number of nitrogens with one attached hydrogen (secondary N) is 1. The third-order valence-corrected chi connectivity index (χ3v) is 7.75. The Hall–Kier alpha value is -3.64. The number of aromatic nitrogens is 2. The summed E-state index contributed by atoms with van der Waals surface area (Å²) in [5, 5.41) is 4.31. The number of nitrogens with zero attached hydrogens (tertiary/aromatic N) is 4. The summed E-state index contributed by atoms with van der Waals surface area (Å²) < 4.78 is 2.35. The van der Waals surface area contributed by atoms with Gasteiger partial charge in [-0.05, 0) is 107 Å². The highest BCUT2D eigenvalue weighted by molar-refractivity contribution is 7.80. The van der Waals surface area contributed by atoms with Crippen LogP contribution in [-0.2, 0) is 0 Å². The smallest absolute Gasteiger partial charge is 0.174 e. The highest BCUT2D eigenvalue weighted by atomic mass is 32.1. The average molecular weight is 510 g/mol. The molecule has 1 fully saturated rings. The fourth-order valence-corrected chi connectivity index (χ4v) is 5.89. The van der Waals surface area contributed by atoms with Gasteiger partial charge >= 0.3 is 0 Å². The molecule has 1 saturated heterocycles. The van der Waals surface area contributed by atoms with Crippen LogP contribution in [-0.4, -0.2) is 27.8 Å². The number of hydrogen-bond donors (Lipinski definition) is 1. The molecule has 6 heteroatoms. The molecule has 2 aromatic heterocycles. The van der Waals surface area contributed by atoms with Crippen molar-refractivity contribution < 1.29 is 0 Å². The minimum atomic E-state index is -0.0611.